The van der Waals surface area contributed by atoms with Gasteiger partial charge in [-0.1, -0.05) is 5.16 Å². The molecular weight excluding hydrogens is 381 g/mol. The molecule has 0 spiro atoms. The highest BCUT2D eigenvalue weighted by atomic mass is 32.1. The molecule has 140 valence electrons. The number of fused-ring (bicyclic) bond motifs is 1. The Balaban J connectivity index is 1.58. The Bertz CT molecular complexity index is 983. The van der Waals surface area contributed by atoms with E-state index in [-0.39, 0.29) is 18.3 Å². The fraction of sp³-hybridized carbons (Fsp3) is 0.235. The number of anilines is 1. The molecule has 2 amide bonds. The summed E-state index contributed by atoms with van der Waals surface area (Å²) in [4.78, 5) is 18.3. The fourth-order valence-corrected chi connectivity index (χ4v) is 3.62. The van der Waals surface area contributed by atoms with Gasteiger partial charge in [0.25, 0.3) is 0 Å². The van der Waals surface area contributed by atoms with Crippen molar-refractivity contribution in [2.75, 3.05) is 5.32 Å². The summed E-state index contributed by atoms with van der Waals surface area (Å²) >= 11 is 1.39. The molecule has 0 aliphatic carbocycles. The van der Waals surface area contributed by atoms with Crippen LogP contribution >= 0.6 is 11.3 Å². The molecule has 27 heavy (non-hydrogen) atoms. The average Bonchev–Trinajstić information content (AvgIpc) is 3.27. The van der Waals surface area contributed by atoms with Crippen LogP contribution in [0.3, 0.4) is 0 Å². The zero-order chi connectivity index (χ0) is 19.1. The van der Waals surface area contributed by atoms with Crippen molar-refractivity contribution >= 4 is 23.1 Å². The van der Waals surface area contributed by atoms with Crippen molar-refractivity contribution in [3.05, 3.63) is 52.4 Å². The van der Waals surface area contributed by atoms with Crippen LogP contribution in [0.4, 0.5) is 23.7 Å². The van der Waals surface area contributed by atoms with E-state index in [0.29, 0.717) is 17.2 Å². The van der Waals surface area contributed by atoms with E-state index in [9.17, 15) is 18.0 Å². The Hall–Kier alpha value is -2.88. The predicted molar refractivity (Wildman–Crippen MR) is 91.7 cm³/mol. The summed E-state index contributed by atoms with van der Waals surface area (Å²) in [5.74, 6) is -3.82. The van der Waals surface area contributed by atoms with Gasteiger partial charge < -0.3 is 14.7 Å². The lowest BCUT2D eigenvalue weighted by Crippen LogP contribution is -2.44. The molecule has 10 heteroatoms. The van der Waals surface area contributed by atoms with Gasteiger partial charge in [-0.05, 0) is 6.92 Å². The van der Waals surface area contributed by atoms with Crippen LogP contribution in [0.25, 0.3) is 10.8 Å². The standard InChI is InChI=1S/C17H13F3N4O2S/c1-8-4-13-10(15(26-23-13)16-21-2-3-27-16)7-24(8)17(25)22-9-5-11(18)14(20)12(19)6-9/h2-3,5-6,8H,4,7H2,1H3,(H,22,25). The van der Waals surface area contributed by atoms with Gasteiger partial charge in [0.15, 0.2) is 22.5 Å². The van der Waals surface area contributed by atoms with Gasteiger partial charge in [0.2, 0.25) is 5.76 Å². The molecule has 6 nitrogen and oxygen atoms in total. The van der Waals surface area contributed by atoms with Crippen LogP contribution in [0.15, 0.2) is 28.2 Å². The second-order valence-corrected chi connectivity index (χ2v) is 7.03. The summed E-state index contributed by atoms with van der Waals surface area (Å²) in [6, 6.07) is 0.680. The second-order valence-electron chi connectivity index (χ2n) is 6.14. The zero-order valence-corrected chi connectivity index (χ0v) is 14.8. The summed E-state index contributed by atoms with van der Waals surface area (Å²) < 4.78 is 45.2. The van der Waals surface area contributed by atoms with Gasteiger partial charge in [0, 0.05) is 47.4 Å². The Morgan fingerprint density at radius 3 is 2.74 bits per heavy atom. The average molecular weight is 394 g/mol. The van der Waals surface area contributed by atoms with Crippen LogP contribution in [0, 0.1) is 17.5 Å². The van der Waals surface area contributed by atoms with Gasteiger partial charge in [-0.2, -0.15) is 0 Å². The molecule has 0 radical (unpaired) electrons. The molecule has 0 saturated carbocycles. The number of thiazole rings is 1. The van der Waals surface area contributed by atoms with Crippen molar-refractivity contribution in [3.63, 3.8) is 0 Å². The summed E-state index contributed by atoms with van der Waals surface area (Å²) in [5.41, 5.74) is 1.32. The van der Waals surface area contributed by atoms with E-state index >= 15 is 0 Å². The zero-order valence-electron chi connectivity index (χ0n) is 14.0. The van der Waals surface area contributed by atoms with Crippen LogP contribution in [0.5, 0.6) is 0 Å². The Kier molecular flexibility index (Phi) is 4.34. The maximum Gasteiger partial charge on any atom is 0.322 e. The van der Waals surface area contributed by atoms with Crippen LogP contribution in [0.1, 0.15) is 18.2 Å². The highest BCUT2D eigenvalue weighted by molar-refractivity contribution is 7.13. The number of hydrogen-bond acceptors (Lipinski definition) is 5. The number of aromatic nitrogens is 2. The van der Waals surface area contributed by atoms with E-state index in [1.807, 2.05) is 6.92 Å². The summed E-state index contributed by atoms with van der Waals surface area (Å²) in [5, 5.41) is 8.93. The molecule has 1 aliphatic heterocycles. The maximum atomic E-state index is 13.4. The first-order valence-electron chi connectivity index (χ1n) is 8.03. The molecule has 3 aromatic rings. The first-order chi connectivity index (χ1) is 12.9. The van der Waals surface area contributed by atoms with E-state index in [1.165, 1.54) is 16.2 Å². The van der Waals surface area contributed by atoms with Crippen molar-refractivity contribution in [2.45, 2.75) is 25.9 Å². The minimum absolute atomic E-state index is 0.167. The molecule has 0 bridgehead atoms. The highest BCUT2D eigenvalue weighted by Crippen LogP contribution is 2.33. The van der Waals surface area contributed by atoms with Crippen LogP contribution < -0.4 is 5.32 Å². The number of halogens is 3. The fourth-order valence-electron chi connectivity index (χ4n) is 2.98. The van der Waals surface area contributed by atoms with E-state index in [1.54, 1.807) is 11.6 Å². The minimum atomic E-state index is -1.58. The van der Waals surface area contributed by atoms with Crippen molar-refractivity contribution in [1.29, 1.82) is 0 Å². The number of carbonyl (C=O) groups excluding carboxylic acids is 1. The molecular formula is C17H13F3N4O2S. The van der Waals surface area contributed by atoms with Crippen LogP contribution in [-0.4, -0.2) is 27.1 Å². The first kappa shape index (κ1) is 17.5. The van der Waals surface area contributed by atoms with Crippen molar-refractivity contribution in [2.24, 2.45) is 0 Å². The van der Waals surface area contributed by atoms with Crippen molar-refractivity contribution in [3.8, 4) is 10.8 Å². The SMILES string of the molecule is CC1Cc2noc(-c3nccs3)c2CN1C(=O)Nc1cc(F)c(F)c(F)c1. The summed E-state index contributed by atoms with van der Waals surface area (Å²) in [6.07, 6.45) is 2.10. The maximum absolute atomic E-state index is 13.4. The van der Waals surface area contributed by atoms with E-state index in [2.05, 4.69) is 15.5 Å². The predicted octanol–water partition coefficient (Wildman–Crippen LogP) is 4.19. The lowest BCUT2D eigenvalue weighted by atomic mass is 10.0. The van der Waals surface area contributed by atoms with Crippen molar-refractivity contribution in [1.82, 2.24) is 15.0 Å². The quantitative estimate of drug-likeness (QED) is 0.662. The van der Waals surface area contributed by atoms with Gasteiger partial charge in [0.05, 0.1) is 12.2 Å². The minimum Gasteiger partial charge on any atom is -0.353 e. The number of urea groups is 1. The molecule has 1 N–H and O–H groups in total. The molecule has 1 unspecified atom stereocenters. The lowest BCUT2D eigenvalue weighted by Gasteiger charge is -2.32. The second kappa shape index (κ2) is 6.69. The highest BCUT2D eigenvalue weighted by Gasteiger charge is 2.33. The monoisotopic (exact) mass is 394 g/mol. The lowest BCUT2D eigenvalue weighted by molar-refractivity contribution is 0.182. The largest absolute Gasteiger partial charge is 0.353 e. The molecule has 3 heterocycles. The first-order valence-corrected chi connectivity index (χ1v) is 8.91. The number of hydrogen-bond donors (Lipinski definition) is 1. The molecule has 1 atom stereocenters. The van der Waals surface area contributed by atoms with Gasteiger partial charge >= 0.3 is 6.03 Å². The number of nitrogens with zero attached hydrogens (tertiary/aromatic N) is 3. The Morgan fingerprint density at radius 2 is 2.07 bits per heavy atom. The smallest absolute Gasteiger partial charge is 0.322 e. The molecule has 4 rings (SSSR count). The third-order valence-electron chi connectivity index (χ3n) is 4.34. The van der Waals surface area contributed by atoms with Gasteiger partial charge in [-0.25, -0.2) is 22.9 Å². The van der Waals surface area contributed by atoms with Gasteiger partial charge in [-0.3, -0.25) is 0 Å². The van der Waals surface area contributed by atoms with E-state index < -0.39 is 23.5 Å². The molecule has 1 aromatic carbocycles. The molecule has 2 aromatic heterocycles. The molecule has 0 fully saturated rings. The Labute approximate surface area is 155 Å². The normalized spacial score (nSPS) is 16.3. The number of amides is 2. The third-order valence-corrected chi connectivity index (χ3v) is 5.11. The van der Waals surface area contributed by atoms with Crippen molar-refractivity contribution < 1.29 is 22.5 Å². The topological polar surface area (TPSA) is 71.3 Å². The molecule has 0 saturated heterocycles. The number of rotatable bonds is 2. The third kappa shape index (κ3) is 3.16. The van der Waals surface area contributed by atoms with Crippen LogP contribution in [0.2, 0.25) is 0 Å². The van der Waals surface area contributed by atoms with Gasteiger partial charge in [-0.15, -0.1) is 11.3 Å². The summed E-state index contributed by atoms with van der Waals surface area (Å²) in [6.45, 7) is 2.03. The van der Waals surface area contributed by atoms with E-state index in [0.717, 1.165) is 23.4 Å². The Morgan fingerprint density at radius 1 is 1.33 bits per heavy atom. The van der Waals surface area contributed by atoms with Crippen LogP contribution in [-0.2, 0) is 13.0 Å². The number of benzene rings is 1. The number of carbonyl (C=O) groups is 1. The van der Waals surface area contributed by atoms with Gasteiger partial charge in [0.1, 0.15) is 0 Å². The van der Waals surface area contributed by atoms with E-state index in [4.69, 9.17) is 4.52 Å². The molecule has 1 aliphatic rings. The summed E-state index contributed by atoms with van der Waals surface area (Å²) in [7, 11) is 0. The number of nitrogens with one attached hydrogen (secondary N) is 1.